The number of carbonyl (C=O) groups is 1. The van der Waals surface area contributed by atoms with Gasteiger partial charge in [0.25, 0.3) is 5.91 Å². The van der Waals surface area contributed by atoms with E-state index in [-0.39, 0.29) is 12.5 Å². The van der Waals surface area contributed by atoms with E-state index in [2.05, 4.69) is 10.5 Å². The van der Waals surface area contributed by atoms with Crippen LogP contribution in [0.25, 0.3) is 0 Å². The second-order valence-corrected chi connectivity index (χ2v) is 6.19. The van der Waals surface area contributed by atoms with E-state index in [0.29, 0.717) is 28.9 Å². The number of benzene rings is 2. The maximum Gasteiger partial charge on any atom is 0.277 e. The Morgan fingerprint density at radius 1 is 1.15 bits per heavy atom. The first-order valence-corrected chi connectivity index (χ1v) is 8.93. The molecule has 0 spiro atoms. The lowest BCUT2D eigenvalue weighted by Gasteiger charge is -2.10. The Labute approximate surface area is 164 Å². The SMILES string of the molecule is CCCOc1ccc(C=NNC(=O)COc2ccc(Cl)cc2C)cc1OC. The fourth-order valence-corrected chi connectivity index (χ4v) is 2.45. The van der Waals surface area contributed by atoms with E-state index >= 15 is 0 Å². The third kappa shape index (κ3) is 6.49. The predicted molar refractivity (Wildman–Crippen MR) is 106 cm³/mol. The highest BCUT2D eigenvalue weighted by molar-refractivity contribution is 6.30. The van der Waals surface area contributed by atoms with Gasteiger partial charge in [-0.25, -0.2) is 5.43 Å². The van der Waals surface area contributed by atoms with Crippen molar-refractivity contribution in [2.75, 3.05) is 20.3 Å². The first-order chi connectivity index (χ1) is 13.0. The molecule has 0 aliphatic carbocycles. The second kappa shape index (κ2) is 10.4. The summed E-state index contributed by atoms with van der Waals surface area (Å²) in [6.07, 6.45) is 2.44. The fraction of sp³-hybridized carbons (Fsp3) is 0.300. The fourth-order valence-electron chi connectivity index (χ4n) is 2.22. The highest BCUT2D eigenvalue weighted by Crippen LogP contribution is 2.27. The van der Waals surface area contributed by atoms with Crippen LogP contribution in [0.3, 0.4) is 0 Å². The lowest BCUT2D eigenvalue weighted by Crippen LogP contribution is -2.24. The number of carbonyl (C=O) groups excluding carboxylic acids is 1. The minimum Gasteiger partial charge on any atom is -0.493 e. The molecule has 0 saturated carbocycles. The maximum atomic E-state index is 11.9. The van der Waals surface area contributed by atoms with Gasteiger partial charge in [0.05, 0.1) is 19.9 Å². The Balaban J connectivity index is 1.87. The molecule has 2 aromatic rings. The monoisotopic (exact) mass is 390 g/mol. The molecule has 2 rings (SSSR count). The Hall–Kier alpha value is -2.73. The van der Waals surface area contributed by atoms with Crippen LogP contribution in [0.2, 0.25) is 5.02 Å². The average Bonchev–Trinajstić information content (AvgIpc) is 2.66. The molecule has 0 atom stereocenters. The number of ether oxygens (including phenoxy) is 3. The van der Waals surface area contributed by atoms with E-state index in [4.69, 9.17) is 25.8 Å². The molecule has 0 aliphatic rings. The van der Waals surface area contributed by atoms with Crippen molar-refractivity contribution in [3.8, 4) is 17.2 Å². The first-order valence-electron chi connectivity index (χ1n) is 8.55. The number of rotatable bonds is 9. The number of nitrogens with one attached hydrogen (secondary N) is 1. The number of amides is 1. The highest BCUT2D eigenvalue weighted by Gasteiger charge is 2.06. The average molecular weight is 391 g/mol. The molecule has 7 heteroatoms. The Morgan fingerprint density at radius 2 is 1.93 bits per heavy atom. The quantitative estimate of drug-likeness (QED) is 0.519. The van der Waals surface area contributed by atoms with Gasteiger partial charge in [-0.1, -0.05) is 18.5 Å². The number of halogens is 1. The molecule has 1 N–H and O–H groups in total. The molecule has 1 amide bonds. The zero-order valence-corrected chi connectivity index (χ0v) is 16.4. The van der Waals surface area contributed by atoms with Crippen molar-refractivity contribution in [2.24, 2.45) is 5.10 Å². The molecule has 0 unspecified atom stereocenters. The zero-order chi connectivity index (χ0) is 19.6. The standard InChI is InChI=1S/C20H23ClN2O4/c1-4-9-26-18-7-5-15(11-19(18)25-3)12-22-23-20(24)13-27-17-8-6-16(21)10-14(17)2/h5-8,10-12H,4,9,13H2,1-3H3,(H,23,24). The number of aryl methyl sites for hydroxylation is 1. The van der Waals surface area contributed by atoms with Crippen LogP contribution < -0.4 is 19.6 Å². The van der Waals surface area contributed by atoms with Gasteiger partial charge >= 0.3 is 0 Å². The summed E-state index contributed by atoms with van der Waals surface area (Å²) in [5, 5.41) is 4.56. The lowest BCUT2D eigenvalue weighted by molar-refractivity contribution is -0.123. The summed E-state index contributed by atoms with van der Waals surface area (Å²) in [4.78, 5) is 11.9. The summed E-state index contributed by atoms with van der Waals surface area (Å²) in [5.74, 6) is 1.52. The number of hydrazone groups is 1. The lowest BCUT2D eigenvalue weighted by atomic mass is 10.2. The molecule has 2 aromatic carbocycles. The number of nitrogens with zero attached hydrogens (tertiary/aromatic N) is 1. The maximum absolute atomic E-state index is 11.9. The van der Waals surface area contributed by atoms with Crippen LogP contribution >= 0.6 is 11.6 Å². The molecular formula is C20H23ClN2O4. The Bertz CT molecular complexity index is 809. The summed E-state index contributed by atoms with van der Waals surface area (Å²) in [7, 11) is 1.58. The molecule has 27 heavy (non-hydrogen) atoms. The summed E-state index contributed by atoms with van der Waals surface area (Å²) in [6.45, 7) is 4.37. The summed E-state index contributed by atoms with van der Waals surface area (Å²) in [5.41, 5.74) is 4.05. The van der Waals surface area contributed by atoms with E-state index < -0.39 is 0 Å². The van der Waals surface area contributed by atoms with Gasteiger partial charge in [-0.3, -0.25) is 4.79 Å². The first kappa shape index (κ1) is 20.6. The Kier molecular flexibility index (Phi) is 7.95. The number of hydrogen-bond acceptors (Lipinski definition) is 5. The van der Waals surface area contributed by atoms with Gasteiger partial charge in [0.2, 0.25) is 0 Å². The van der Waals surface area contributed by atoms with E-state index in [1.165, 1.54) is 6.21 Å². The molecule has 0 aromatic heterocycles. The molecule has 0 saturated heterocycles. The smallest absolute Gasteiger partial charge is 0.277 e. The van der Waals surface area contributed by atoms with E-state index in [0.717, 1.165) is 17.5 Å². The third-order valence-corrected chi connectivity index (χ3v) is 3.78. The molecule has 144 valence electrons. The van der Waals surface area contributed by atoms with Crippen LogP contribution in [-0.4, -0.2) is 32.4 Å². The van der Waals surface area contributed by atoms with E-state index in [1.807, 2.05) is 26.0 Å². The van der Waals surface area contributed by atoms with Gasteiger partial charge in [-0.05, 0) is 60.9 Å². The van der Waals surface area contributed by atoms with Crippen molar-refractivity contribution in [1.29, 1.82) is 0 Å². The molecule has 0 aliphatic heterocycles. The normalized spacial score (nSPS) is 10.7. The molecule has 0 radical (unpaired) electrons. The van der Waals surface area contributed by atoms with E-state index in [1.54, 1.807) is 31.4 Å². The van der Waals surface area contributed by atoms with Gasteiger partial charge in [0.15, 0.2) is 18.1 Å². The molecule has 0 fully saturated rings. The number of methoxy groups -OCH3 is 1. The third-order valence-electron chi connectivity index (χ3n) is 3.55. The highest BCUT2D eigenvalue weighted by atomic mass is 35.5. The van der Waals surface area contributed by atoms with Crippen LogP contribution in [0, 0.1) is 6.92 Å². The number of hydrogen-bond donors (Lipinski definition) is 1. The van der Waals surface area contributed by atoms with E-state index in [9.17, 15) is 4.79 Å². The summed E-state index contributed by atoms with van der Waals surface area (Å²) in [6, 6.07) is 10.6. The second-order valence-electron chi connectivity index (χ2n) is 5.75. The minimum absolute atomic E-state index is 0.146. The van der Waals surface area contributed by atoms with Gasteiger partial charge < -0.3 is 14.2 Å². The topological polar surface area (TPSA) is 69.2 Å². The van der Waals surface area contributed by atoms with Crippen molar-refractivity contribution in [3.05, 3.63) is 52.5 Å². The summed E-state index contributed by atoms with van der Waals surface area (Å²) >= 11 is 5.89. The Morgan fingerprint density at radius 3 is 2.63 bits per heavy atom. The van der Waals surface area contributed by atoms with Crippen LogP contribution in [-0.2, 0) is 4.79 Å². The minimum atomic E-state index is -0.365. The predicted octanol–water partition coefficient (Wildman–Crippen LogP) is 3.97. The van der Waals surface area contributed by atoms with Crippen molar-refractivity contribution >= 4 is 23.7 Å². The molecule has 6 nitrogen and oxygen atoms in total. The van der Waals surface area contributed by atoms with Crippen molar-refractivity contribution in [1.82, 2.24) is 5.43 Å². The van der Waals surface area contributed by atoms with Gasteiger partial charge in [-0.2, -0.15) is 5.10 Å². The van der Waals surface area contributed by atoms with Gasteiger partial charge in [0.1, 0.15) is 5.75 Å². The van der Waals surface area contributed by atoms with Crippen LogP contribution in [0.5, 0.6) is 17.2 Å². The van der Waals surface area contributed by atoms with Crippen molar-refractivity contribution < 1.29 is 19.0 Å². The summed E-state index contributed by atoms with van der Waals surface area (Å²) < 4.78 is 16.4. The van der Waals surface area contributed by atoms with Crippen LogP contribution in [0.15, 0.2) is 41.5 Å². The van der Waals surface area contributed by atoms with Gasteiger partial charge in [0, 0.05) is 5.02 Å². The van der Waals surface area contributed by atoms with Gasteiger partial charge in [-0.15, -0.1) is 0 Å². The van der Waals surface area contributed by atoms with Crippen LogP contribution in [0.1, 0.15) is 24.5 Å². The molecule has 0 heterocycles. The molecule has 0 bridgehead atoms. The largest absolute Gasteiger partial charge is 0.493 e. The van der Waals surface area contributed by atoms with Crippen molar-refractivity contribution in [3.63, 3.8) is 0 Å². The van der Waals surface area contributed by atoms with Crippen molar-refractivity contribution in [2.45, 2.75) is 20.3 Å². The van der Waals surface area contributed by atoms with Crippen LogP contribution in [0.4, 0.5) is 0 Å². The zero-order valence-electron chi connectivity index (χ0n) is 15.6. The molecular weight excluding hydrogens is 368 g/mol.